The average molecular weight is 175 g/mol. The summed E-state index contributed by atoms with van der Waals surface area (Å²) in [5.41, 5.74) is 0. The van der Waals surface area contributed by atoms with Gasteiger partial charge in [-0.25, -0.2) is 13.2 Å². The zero-order valence-electron chi connectivity index (χ0n) is 3.17. The summed E-state index contributed by atoms with van der Waals surface area (Å²) in [5.74, 6) is 0. The van der Waals surface area contributed by atoms with Crippen LogP contribution in [0.4, 0.5) is 13.2 Å². The number of rotatable bonds is 1. The van der Waals surface area contributed by atoms with Gasteiger partial charge in [0.1, 0.15) is 6.33 Å². The van der Waals surface area contributed by atoms with Crippen LogP contribution in [0.5, 0.6) is 0 Å². The van der Waals surface area contributed by atoms with Crippen LogP contribution in [-0.2, 0) is 0 Å². The van der Waals surface area contributed by atoms with Crippen LogP contribution in [0.15, 0.2) is 10.8 Å². The molecule has 0 spiro atoms. The highest BCUT2D eigenvalue weighted by molar-refractivity contribution is 9.11. The Kier molecular flexibility index (Phi) is 3.07. The lowest BCUT2D eigenvalue weighted by atomic mass is 10.7. The second kappa shape index (κ2) is 3.07. The fraction of sp³-hybridized carbons (Fsp3) is 0.333. The molecule has 0 rings (SSSR count). The van der Waals surface area contributed by atoms with E-state index in [1.807, 2.05) is 0 Å². The molecule has 0 saturated carbocycles. The standard InChI is InChI=1S/C3H2BrF3/c4-2(1-5)3(6)7/h1,3H/b2-1-. The Morgan fingerprint density at radius 2 is 2.00 bits per heavy atom. The molecule has 0 radical (unpaired) electrons. The lowest BCUT2D eigenvalue weighted by molar-refractivity contribution is 0.199. The van der Waals surface area contributed by atoms with E-state index < -0.39 is 10.9 Å². The van der Waals surface area contributed by atoms with Crippen molar-refractivity contribution >= 4 is 15.9 Å². The first kappa shape index (κ1) is 7.01. The second-order valence-corrected chi connectivity index (χ2v) is 1.71. The zero-order chi connectivity index (χ0) is 5.86. The molecule has 4 heteroatoms. The van der Waals surface area contributed by atoms with Crippen molar-refractivity contribution in [3.8, 4) is 0 Å². The molecular formula is C3H2BrF3. The van der Waals surface area contributed by atoms with Crippen LogP contribution in [0.1, 0.15) is 0 Å². The largest absolute Gasteiger partial charge is 0.272 e. The third kappa shape index (κ3) is 2.68. The number of halogens is 4. The third-order valence-corrected chi connectivity index (χ3v) is 0.832. The van der Waals surface area contributed by atoms with Crippen molar-refractivity contribution in [1.82, 2.24) is 0 Å². The molecule has 0 bridgehead atoms. The SMILES string of the molecule is F/C=C(\Br)C(F)F. The molecule has 0 nitrogen and oxygen atoms in total. The van der Waals surface area contributed by atoms with Crippen molar-refractivity contribution in [3.05, 3.63) is 10.8 Å². The Hall–Kier alpha value is 0.01000. The molecule has 42 valence electrons. The van der Waals surface area contributed by atoms with E-state index in [9.17, 15) is 13.2 Å². The van der Waals surface area contributed by atoms with Crippen molar-refractivity contribution in [2.75, 3.05) is 0 Å². The van der Waals surface area contributed by atoms with E-state index in [1.165, 1.54) is 0 Å². The maximum atomic E-state index is 11.1. The van der Waals surface area contributed by atoms with Crippen molar-refractivity contribution in [1.29, 1.82) is 0 Å². The predicted octanol–water partition coefficient (Wildman–Crippen LogP) is 2.46. The Labute approximate surface area is 47.1 Å². The fourth-order valence-electron chi connectivity index (χ4n) is 0.0476. The van der Waals surface area contributed by atoms with E-state index >= 15 is 0 Å². The Morgan fingerprint density at radius 1 is 1.57 bits per heavy atom. The van der Waals surface area contributed by atoms with Gasteiger partial charge in [0.05, 0.1) is 4.48 Å². The van der Waals surface area contributed by atoms with E-state index in [-0.39, 0.29) is 6.33 Å². The molecule has 0 aromatic rings. The van der Waals surface area contributed by atoms with Gasteiger partial charge in [-0.05, 0) is 15.9 Å². The highest BCUT2D eigenvalue weighted by Gasteiger charge is 2.04. The average Bonchev–Trinajstić information content (AvgIpc) is 1.65. The summed E-state index contributed by atoms with van der Waals surface area (Å²) in [4.78, 5) is 0. The Balaban J connectivity index is 3.56. The van der Waals surface area contributed by atoms with E-state index in [1.54, 1.807) is 0 Å². The van der Waals surface area contributed by atoms with Gasteiger partial charge >= 0.3 is 0 Å². The molecule has 0 fully saturated rings. The monoisotopic (exact) mass is 174 g/mol. The molecule has 0 aliphatic carbocycles. The van der Waals surface area contributed by atoms with Gasteiger partial charge in [0.25, 0.3) is 6.43 Å². The molecule has 0 amide bonds. The first-order valence-electron chi connectivity index (χ1n) is 1.42. The van der Waals surface area contributed by atoms with Crippen LogP contribution in [-0.4, -0.2) is 6.43 Å². The third-order valence-electron chi connectivity index (χ3n) is 0.313. The van der Waals surface area contributed by atoms with Crippen molar-refractivity contribution < 1.29 is 13.2 Å². The maximum absolute atomic E-state index is 11.1. The normalized spacial score (nSPS) is 13.0. The predicted molar refractivity (Wildman–Crippen MR) is 24.1 cm³/mol. The molecular weight excluding hydrogens is 173 g/mol. The minimum atomic E-state index is -2.73. The molecule has 0 N–H and O–H groups in total. The summed E-state index contributed by atoms with van der Waals surface area (Å²) in [7, 11) is 0. The van der Waals surface area contributed by atoms with Crippen LogP contribution in [0.25, 0.3) is 0 Å². The summed E-state index contributed by atoms with van der Waals surface area (Å²) < 4.78 is 32.4. The summed E-state index contributed by atoms with van der Waals surface area (Å²) in [6, 6.07) is 0. The van der Waals surface area contributed by atoms with Crippen LogP contribution in [0, 0.1) is 0 Å². The highest BCUT2D eigenvalue weighted by atomic mass is 79.9. The quantitative estimate of drug-likeness (QED) is 0.574. The Bertz CT molecular complexity index is 78.2. The van der Waals surface area contributed by atoms with E-state index in [0.29, 0.717) is 0 Å². The lowest BCUT2D eigenvalue weighted by Gasteiger charge is -1.87. The van der Waals surface area contributed by atoms with Crippen LogP contribution < -0.4 is 0 Å². The minimum Gasteiger partial charge on any atom is -0.214 e. The zero-order valence-corrected chi connectivity index (χ0v) is 4.75. The molecule has 0 saturated heterocycles. The molecule has 0 aromatic heterocycles. The highest BCUT2D eigenvalue weighted by Crippen LogP contribution is 2.14. The molecule has 0 atom stereocenters. The maximum Gasteiger partial charge on any atom is 0.272 e. The Morgan fingerprint density at radius 3 is 2.00 bits per heavy atom. The number of hydrogen-bond donors (Lipinski definition) is 0. The molecule has 0 aliphatic rings. The second-order valence-electron chi connectivity index (χ2n) is 0.795. The first-order chi connectivity index (χ1) is 3.18. The van der Waals surface area contributed by atoms with Gasteiger partial charge < -0.3 is 0 Å². The van der Waals surface area contributed by atoms with Gasteiger partial charge in [0, 0.05) is 0 Å². The van der Waals surface area contributed by atoms with Gasteiger partial charge in [-0.2, -0.15) is 0 Å². The van der Waals surface area contributed by atoms with E-state index in [2.05, 4.69) is 15.9 Å². The molecule has 0 aromatic carbocycles. The molecule has 0 aliphatic heterocycles. The molecule has 7 heavy (non-hydrogen) atoms. The fourth-order valence-corrected chi connectivity index (χ4v) is 0.0476. The summed E-state index contributed by atoms with van der Waals surface area (Å²) in [6.45, 7) is 0. The lowest BCUT2D eigenvalue weighted by Crippen LogP contribution is -1.85. The van der Waals surface area contributed by atoms with Gasteiger partial charge in [-0.1, -0.05) is 0 Å². The van der Waals surface area contributed by atoms with Crippen LogP contribution in [0.3, 0.4) is 0 Å². The number of hydrogen-bond acceptors (Lipinski definition) is 0. The molecule has 0 heterocycles. The topological polar surface area (TPSA) is 0 Å². The molecule has 0 unspecified atom stereocenters. The van der Waals surface area contributed by atoms with Crippen molar-refractivity contribution in [2.24, 2.45) is 0 Å². The van der Waals surface area contributed by atoms with Crippen LogP contribution in [0.2, 0.25) is 0 Å². The number of allylic oxidation sites excluding steroid dienone is 1. The van der Waals surface area contributed by atoms with E-state index in [0.717, 1.165) is 0 Å². The van der Waals surface area contributed by atoms with E-state index in [4.69, 9.17) is 0 Å². The summed E-state index contributed by atoms with van der Waals surface area (Å²) in [6.07, 6.45) is -2.91. The van der Waals surface area contributed by atoms with Crippen LogP contribution >= 0.6 is 15.9 Å². The summed E-state index contributed by atoms with van der Waals surface area (Å²) in [5, 5.41) is 0. The van der Waals surface area contributed by atoms with Gasteiger partial charge in [0.2, 0.25) is 0 Å². The van der Waals surface area contributed by atoms with Gasteiger partial charge in [0.15, 0.2) is 0 Å². The first-order valence-corrected chi connectivity index (χ1v) is 2.21. The van der Waals surface area contributed by atoms with Gasteiger partial charge in [-0.3, -0.25) is 0 Å². The van der Waals surface area contributed by atoms with Gasteiger partial charge in [-0.15, -0.1) is 0 Å². The smallest absolute Gasteiger partial charge is 0.214 e. The number of alkyl halides is 2. The van der Waals surface area contributed by atoms with Crippen molar-refractivity contribution in [2.45, 2.75) is 6.43 Å². The summed E-state index contributed by atoms with van der Waals surface area (Å²) >= 11 is 2.28. The minimum absolute atomic E-state index is 0.176. The van der Waals surface area contributed by atoms with Crippen molar-refractivity contribution in [3.63, 3.8) is 0 Å².